The van der Waals surface area contributed by atoms with Crippen molar-refractivity contribution in [2.45, 2.75) is 18.3 Å². The molecule has 0 radical (unpaired) electrons. The van der Waals surface area contributed by atoms with E-state index in [1.54, 1.807) is 36.2 Å². The van der Waals surface area contributed by atoms with Gasteiger partial charge in [-0.1, -0.05) is 12.1 Å². The number of nitrogens with zero attached hydrogens (tertiary/aromatic N) is 3. The molecule has 148 valence electrons. The van der Waals surface area contributed by atoms with E-state index in [9.17, 15) is 9.18 Å². The molecule has 2 heterocycles. The van der Waals surface area contributed by atoms with E-state index in [1.807, 2.05) is 6.07 Å². The first-order valence-corrected chi connectivity index (χ1v) is 9.66. The lowest BCUT2D eigenvalue weighted by molar-refractivity contribution is 0.0657. The third-order valence-corrected chi connectivity index (χ3v) is 5.69. The molecule has 2 fully saturated rings. The van der Waals surface area contributed by atoms with Gasteiger partial charge in [-0.15, -0.1) is 0 Å². The van der Waals surface area contributed by atoms with Crippen LogP contribution in [-0.4, -0.2) is 61.4 Å². The second kappa shape index (κ2) is 7.66. The third-order valence-electron chi connectivity index (χ3n) is 5.69. The van der Waals surface area contributed by atoms with Gasteiger partial charge < -0.3 is 19.5 Å². The Morgan fingerprint density at radius 2 is 1.93 bits per heavy atom. The normalized spacial score (nSPS) is 18.9. The van der Waals surface area contributed by atoms with Crippen LogP contribution >= 0.6 is 0 Å². The van der Waals surface area contributed by atoms with Crippen molar-refractivity contribution in [2.24, 2.45) is 4.99 Å². The van der Waals surface area contributed by atoms with Crippen LogP contribution in [0.3, 0.4) is 0 Å². The number of amides is 1. The van der Waals surface area contributed by atoms with Gasteiger partial charge in [0, 0.05) is 45.2 Å². The molecule has 0 spiro atoms. The molecule has 1 amide bonds. The Morgan fingerprint density at radius 3 is 2.54 bits per heavy atom. The average molecular weight is 384 g/mol. The fourth-order valence-corrected chi connectivity index (χ4v) is 3.79. The summed E-state index contributed by atoms with van der Waals surface area (Å²) >= 11 is 0. The van der Waals surface area contributed by atoms with Crippen LogP contribution in [0.4, 0.5) is 4.39 Å². The molecule has 6 nitrogen and oxygen atoms in total. The molecule has 1 aromatic carbocycles. The van der Waals surface area contributed by atoms with Crippen LogP contribution < -0.4 is 5.32 Å². The third kappa shape index (κ3) is 3.74. The van der Waals surface area contributed by atoms with E-state index in [0.29, 0.717) is 31.9 Å². The number of rotatable bonds is 4. The summed E-state index contributed by atoms with van der Waals surface area (Å²) in [6.45, 7) is 3.39. The quantitative estimate of drug-likeness (QED) is 0.650. The molecule has 28 heavy (non-hydrogen) atoms. The first-order valence-electron chi connectivity index (χ1n) is 9.66. The van der Waals surface area contributed by atoms with Crippen LogP contribution in [-0.2, 0) is 5.41 Å². The van der Waals surface area contributed by atoms with Gasteiger partial charge in [-0.3, -0.25) is 9.79 Å². The van der Waals surface area contributed by atoms with Crippen molar-refractivity contribution >= 4 is 11.9 Å². The fourth-order valence-electron chi connectivity index (χ4n) is 3.79. The van der Waals surface area contributed by atoms with E-state index in [2.05, 4.69) is 15.2 Å². The molecule has 1 aromatic heterocycles. The number of hydrogen-bond donors (Lipinski definition) is 1. The molecular formula is C21H25FN4O2. The molecular weight excluding hydrogens is 359 g/mol. The predicted octanol–water partition coefficient (Wildman–Crippen LogP) is 2.48. The summed E-state index contributed by atoms with van der Waals surface area (Å²) in [4.78, 5) is 20.8. The maximum absolute atomic E-state index is 13.6. The lowest BCUT2D eigenvalue weighted by Gasteiger charge is -2.36. The highest BCUT2D eigenvalue weighted by Crippen LogP contribution is 2.47. The maximum atomic E-state index is 13.6. The highest BCUT2D eigenvalue weighted by molar-refractivity contribution is 5.91. The van der Waals surface area contributed by atoms with Crippen LogP contribution in [0, 0.1) is 5.82 Å². The smallest absolute Gasteiger partial charge is 0.289 e. The summed E-state index contributed by atoms with van der Waals surface area (Å²) in [7, 11) is 1.77. The van der Waals surface area contributed by atoms with Crippen molar-refractivity contribution in [3.8, 4) is 0 Å². The zero-order valence-electron chi connectivity index (χ0n) is 16.0. The first-order chi connectivity index (χ1) is 13.6. The number of hydrogen-bond acceptors (Lipinski definition) is 3. The van der Waals surface area contributed by atoms with Crippen molar-refractivity contribution in [1.82, 2.24) is 15.1 Å². The lowest BCUT2D eigenvalue weighted by atomic mass is 9.96. The second-order valence-electron chi connectivity index (χ2n) is 7.45. The van der Waals surface area contributed by atoms with Gasteiger partial charge in [-0.05, 0) is 42.7 Å². The van der Waals surface area contributed by atoms with Gasteiger partial charge in [0.2, 0.25) is 0 Å². The molecule has 2 aromatic rings. The highest BCUT2D eigenvalue weighted by atomic mass is 19.1. The number of carbonyl (C=O) groups excluding carboxylic acids is 1. The zero-order chi connectivity index (χ0) is 19.6. The number of carbonyl (C=O) groups is 1. The lowest BCUT2D eigenvalue weighted by Crippen LogP contribution is -2.54. The fraction of sp³-hybridized carbons (Fsp3) is 0.429. The molecule has 7 heteroatoms. The summed E-state index contributed by atoms with van der Waals surface area (Å²) in [6.07, 6.45) is 3.61. The molecule has 1 saturated heterocycles. The van der Waals surface area contributed by atoms with Gasteiger partial charge in [0.05, 0.1) is 6.26 Å². The topological polar surface area (TPSA) is 61.1 Å². The van der Waals surface area contributed by atoms with Crippen molar-refractivity contribution in [1.29, 1.82) is 0 Å². The summed E-state index contributed by atoms with van der Waals surface area (Å²) in [6, 6.07) is 10.3. The Labute approximate surface area is 164 Å². The predicted molar refractivity (Wildman–Crippen MR) is 105 cm³/mol. The Bertz CT molecular complexity index is 853. The van der Waals surface area contributed by atoms with Crippen LogP contribution in [0.5, 0.6) is 0 Å². The van der Waals surface area contributed by atoms with Crippen LogP contribution in [0.1, 0.15) is 29.0 Å². The molecule has 1 aliphatic carbocycles. The molecule has 0 bridgehead atoms. The van der Waals surface area contributed by atoms with E-state index in [4.69, 9.17) is 4.42 Å². The Kier molecular flexibility index (Phi) is 5.07. The Balaban J connectivity index is 1.33. The first kappa shape index (κ1) is 18.5. The number of benzene rings is 1. The van der Waals surface area contributed by atoms with Crippen molar-refractivity contribution in [3.05, 3.63) is 59.8 Å². The molecule has 1 aliphatic heterocycles. The van der Waals surface area contributed by atoms with Gasteiger partial charge in [0.1, 0.15) is 5.82 Å². The molecule has 2 aliphatic rings. The summed E-state index contributed by atoms with van der Waals surface area (Å²) in [5, 5.41) is 3.46. The van der Waals surface area contributed by atoms with E-state index < -0.39 is 0 Å². The SMILES string of the molecule is CN=C(NCC1(c2cccc(F)c2)CC1)N1CCN(C(=O)c2ccco2)CC1. The van der Waals surface area contributed by atoms with E-state index in [0.717, 1.165) is 30.9 Å². The Hall–Kier alpha value is -2.83. The molecule has 4 rings (SSSR count). The van der Waals surface area contributed by atoms with Gasteiger partial charge >= 0.3 is 0 Å². The van der Waals surface area contributed by atoms with Crippen LogP contribution in [0.15, 0.2) is 52.1 Å². The average Bonchev–Trinajstić information content (AvgIpc) is 3.31. The number of furan rings is 1. The van der Waals surface area contributed by atoms with Gasteiger partial charge in [0.25, 0.3) is 5.91 Å². The maximum Gasteiger partial charge on any atom is 0.289 e. The Morgan fingerprint density at radius 1 is 1.18 bits per heavy atom. The highest BCUT2D eigenvalue weighted by Gasteiger charge is 2.44. The van der Waals surface area contributed by atoms with E-state index in [-0.39, 0.29) is 17.1 Å². The number of aliphatic imine (C=N–C) groups is 1. The number of halogens is 1. The molecule has 0 unspecified atom stereocenters. The largest absolute Gasteiger partial charge is 0.459 e. The van der Waals surface area contributed by atoms with Crippen molar-refractivity contribution < 1.29 is 13.6 Å². The monoisotopic (exact) mass is 384 g/mol. The van der Waals surface area contributed by atoms with E-state index >= 15 is 0 Å². The summed E-state index contributed by atoms with van der Waals surface area (Å²) in [5.41, 5.74) is 1.04. The zero-order valence-corrected chi connectivity index (χ0v) is 16.0. The minimum atomic E-state index is -0.189. The molecule has 1 saturated carbocycles. The standard InChI is InChI=1S/C21H25FN4O2/c1-23-20(24-15-21(7-8-21)16-4-2-5-17(22)14-16)26-11-9-25(10-12-26)19(27)18-6-3-13-28-18/h2-6,13-14H,7-12,15H2,1H3,(H,23,24). The number of piperazine rings is 1. The minimum absolute atomic E-state index is 0.00485. The van der Waals surface area contributed by atoms with Crippen molar-refractivity contribution in [3.63, 3.8) is 0 Å². The summed E-state index contributed by atoms with van der Waals surface area (Å²) < 4.78 is 18.8. The van der Waals surface area contributed by atoms with Crippen molar-refractivity contribution in [2.75, 3.05) is 39.8 Å². The molecule has 0 atom stereocenters. The van der Waals surface area contributed by atoms with Gasteiger partial charge in [-0.25, -0.2) is 4.39 Å². The van der Waals surface area contributed by atoms with Gasteiger partial charge in [0.15, 0.2) is 11.7 Å². The number of nitrogens with one attached hydrogen (secondary N) is 1. The number of guanidine groups is 1. The molecule has 1 N–H and O–H groups in total. The second-order valence-corrected chi connectivity index (χ2v) is 7.45. The van der Waals surface area contributed by atoms with Crippen LogP contribution in [0.25, 0.3) is 0 Å². The van der Waals surface area contributed by atoms with E-state index in [1.165, 1.54) is 12.3 Å². The van der Waals surface area contributed by atoms with Crippen LogP contribution in [0.2, 0.25) is 0 Å². The minimum Gasteiger partial charge on any atom is -0.459 e. The summed E-state index contributed by atoms with van der Waals surface area (Å²) in [5.74, 6) is 0.940. The van der Waals surface area contributed by atoms with Gasteiger partial charge in [-0.2, -0.15) is 0 Å².